The first kappa shape index (κ1) is 26.8. The van der Waals surface area contributed by atoms with Gasteiger partial charge in [-0.25, -0.2) is 4.79 Å². The summed E-state index contributed by atoms with van der Waals surface area (Å²) in [6.07, 6.45) is -14.1. The van der Waals surface area contributed by atoms with Crippen LogP contribution in [0, 0.1) is 5.41 Å². The number of carbonyl (C=O) groups excluding carboxylic acids is 1. The van der Waals surface area contributed by atoms with E-state index in [4.69, 9.17) is 4.55 Å². The van der Waals surface area contributed by atoms with E-state index in [1.165, 1.54) is 0 Å². The van der Waals surface area contributed by atoms with Gasteiger partial charge in [-0.2, -0.15) is 34.8 Å². The van der Waals surface area contributed by atoms with Crippen molar-refractivity contribution < 1.29 is 59.1 Å². The summed E-state index contributed by atoms with van der Waals surface area (Å²) >= 11 is 2.03. The molecular weight excluding hydrogens is 502 g/mol. The molecule has 31 heavy (non-hydrogen) atoms. The molecule has 2 aliphatic rings. The molecule has 1 saturated carbocycles. The molecular formula is C15H20F6O7S3. The van der Waals surface area contributed by atoms with Crippen LogP contribution in [0.3, 0.4) is 0 Å². The molecule has 182 valence electrons. The van der Waals surface area contributed by atoms with Gasteiger partial charge in [0.05, 0.1) is 17.3 Å². The molecule has 0 radical (unpaired) electrons. The number of thioether (sulfide) groups is 2. The molecule has 7 nitrogen and oxygen atoms in total. The maximum Gasteiger partial charge on any atom is 0.430 e. The summed E-state index contributed by atoms with van der Waals surface area (Å²) in [5, 5.41) is 19.0. The van der Waals surface area contributed by atoms with Crippen molar-refractivity contribution in [2.24, 2.45) is 5.41 Å². The Morgan fingerprint density at radius 1 is 1.00 bits per heavy atom. The number of carbonyl (C=O) groups is 1. The van der Waals surface area contributed by atoms with Crippen LogP contribution >= 0.6 is 23.5 Å². The third-order valence-corrected chi connectivity index (χ3v) is 10.9. The first-order valence-electron chi connectivity index (χ1n) is 8.83. The van der Waals surface area contributed by atoms with E-state index in [1.54, 1.807) is 0 Å². The van der Waals surface area contributed by atoms with Crippen LogP contribution in [-0.2, 0) is 19.6 Å². The summed E-state index contributed by atoms with van der Waals surface area (Å²) in [5.74, 6) is -2.99. The zero-order valence-corrected chi connectivity index (χ0v) is 18.2. The molecule has 1 spiro atoms. The first-order valence-corrected chi connectivity index (χ1v) is 12.2. The average Bonchev–Trinajstić information content (AvgIpc) is 2.61. The van der Waals surface area contributed by atoms with Gasteiger partial charge in [-0.3, -0.25) is 4.55 Å². The zero-order chi connectivity index (χ0) is 23.9. The lowest BCUT2D eigenvalue weighted by molar-refractivity contribution is -0.270. The normalized spacial score (nSPS) is 24.7. The number of hydrogen-bond acceptors (Lipinski definition) is 8. The first-order chi connectivity index (χ1) is 14.0. The second-order valence-electron chi connectivity index (χ2n) is 7.50. The number of hydrogen-bond donors (Lipinski definition) is 3. The second kappa shape index (κ2) is 8.74. The SMILES string of the molecule is O=C(OC1CCCCC12SCC(CO)(CO)CS2)C(C(F)(F)F)(C(F)(F)F)S(=O)(=O)O. The predicted octanol–water partition coefficient (Wildman–Crippen LogP) is 2.37. The topological polar surface area (TPSA) is 121 Å². The Labute approximate surface area is 182 Å². The molecule has 3 N–H and O–H groups in total. The van der Waals surface area contributed by atoms with Gasteiger partial charge in [0.25, 0.3) is 0 Å². The second-order valence-corrected chi connectivity index (χ2v) is 11.9. The molecule has 0 aromatic heterocycles. The largest absolute Gasteiger partial charge is 0.458 e. The van der Waals surface area contributed by atoms with Gasteiger partial charge in [0.2, 0.25) is 0 Å². The highest BCUT2D eigenvalue weighted by molar-refractivity contribution is 8.19. The maximum atomic E-state index is 13.4. The molecule has 1 heterocycles. The minimum Gasteiger partial charge on any atom is -0.458 e. The smallest absolute Gasteiger partial charge is 0.430 e. The average molecular weight is 523 g/mol. The molecule has 1 aliphatic heterocycles. The Morgan fingerprint density at radius 2 is 1.48 bits per heavy atom. The summed E-state index contributed by atoms with van der Waals surface area (Å²) in [4.78, 5) is 12.2. The van der Waals surface area contributed by atoms with Crippen LogP contribution in [0.25, 0.3) is 0 Å². The highest BCUT2D eigenvalue weighted by Gasteiger charge is 2.85. The summed E-state index contributed by atoms with van der Waals surface area (Å²) in [5.41, 5.74) is -0.942. The number of alkyl halides is 6. The Bertz CT molecular complexity index is 755. The van der Waals surface area contributed by atoms with Crippen molar-refractivity contribution in [3.05, 3.63) is 0 Å². The van der Waals surface area contributed by atoms with Gasteiger partial charge in [0.15, 0.2) is 0 Å². The monoisotopic (exact) mass is 522 g/mol. The van der Waals surface area contributed by atoms with Gasteiger partial charge in [-0.05, 0) is 19.3 Å². The summed E-state index contributed by atoms with van der Waals surface area (Å²) < 4.78 is 109. The Hall–Kier alpha value is -0.420. The zero-order valence-electron chi connectivity index (χ0n) is 15.7. The molecule has 0 aromatic carbocycles. The fourth-order valence-corrected chi connectivity index (χ4v) is 8.04. The molecule has 1 saturated heterocycles. The van der Waals surface area contributed by atoms with E-state index in [2.05, 4.69) is 4.74 Å². The van der Waals surface area contributed by atoms with E-state index in [0.29, 0.717) is 12.8 Å². The van der Waals surface area contributed by atoms with E-state index in [0.717, 1.165) is 23.5 Å². The van der Waals surface area contributed by atoms with Gasteiger partial charge >= 0.3 is 33.2 Å². The van der Waals surface area contributed by atoms with Gasteiger partial charge in [-0.1, -0.05) is 6.42 Å². The number of halogens is 6. The van der Waals surface area contributed by atoms with Gasteiger partial charge in [0.1, 0.15) is 6.10 Å². The molecule has 2 rings (SSSR count). The lowest BCUT2D eigenvalue weighted by atomic mass is 9.94. The molecule has 1 unspecified atom stereocenters. The quantitative estimate of drug-likeness (QED) is 0.284. The Kier molecular flexibility index (Phi) is 7.56. The van der Waals surface area contributed by atoms with E-state index >= 15 is 0 Å². The summed E-state index contributed by atoms with van der Waals surface area (Å²) in [6.45, 7) is -0.837. The van der Waals surface area contributed by atoms with Crippen molar-refractivity contribution in [3.63, 3.8) is 0 Å². The van der Waals surface area contributed by atoms with Crippen LogP contribution in [0.1, 0.15) is 25.7 Å². The number of aliphatic hydroxyl groups is 2. The number of ether oxygens (including phenoxy) is 1. The standard InChI is InChI=1S/C15H20F6O7S3/c16-14(17,18)13(15(19,20)21,31(25,26)27)10(24)28-9-3-1-2-4-12(9)29-7-11(5-22,6-23)8-30-12/h9,22-23H,1-8H2,(H,25,26,27). The van der Waals surface area contributed by atoms with E-state index in [-0.39, 0.29) is 24.3 Å². The summed E-state index contributed by atoms with van der Waals surface area (Å²) in [7, 11) is -7.06. The summed E-state index contributed by atoms with van der Waals surface area (Å²) in [6, 6.07) is 0. The van der Waals surface area contributed by atoms with E-state index in [1.807, 2.05) is 0 Å². The third kappa shape index (κ3) is 4.52. The fraction of sp³-hybridized carbons (Fsp3) is 0.933. The highest BCUT2D eigenvalue weighted by Crippen LogP contribution is 2.57. The Balaban J connectivity index is 2.43. The number of esters is 1. The minimum absolute atomic E-state index is 0.0863. The van der Waals surface area contributed by atoms with Crippen LogP contribution in [0.15, 0.2) is 0 Å². The molecule has 0 aromatic rings. The van der Waals surface area contributed by atoms with Crippen molar-refractivity contribution in [2.45, 2.75) is 53.0 Å². The van der Waals surface area contributed by atoms with Crippen molar-refractivity contribution in [1.82, 2.24) is 0 Å². The number of aliphatic hydroxyl groups excluding tert-OH is 2. The minimum atomic E-state index is -7.06. The molecule has 16 heteroatoms. The van der Waals surface area contributed by atoms with Gasteiger partial charge in [-0.15, -0.1) is 23.5 Å². The molecule has 0 bridgehead atoms. The lowest BCUT2D eigenvalue weighted by Crippen LogP contribution is -2.68. The van der Waals surface area contributed by atoms with Crippen molar-refractivity contribution in [1.29, 1.82) is 0 Å². The Morgan fingerprint density at radius 3 is 1.87 bits per heavy atom. The van der Waals surface area contributed by atoms with E-state index in [9.17, 15) is 49.8 Å². The fourth-order valence-electron chi connectivity index (χ4n) is 3.43. The lowest BCUT2D eigenvalue weighted by Gasteiger charge is -2.49. The number of rotatable bonds is 5. The molecule has 1 aliphatic carbocycles. The van der Waals surface area contributed by atoms with Crippen LogP contribution in [-0.4, -0.2) is 81.2 Å². The van der Waals surface area contributed by atoms with Gasteiger partial charge in [0, 0.05) is 16.9 Å². The van der Waals surface area contributed by atoms with Crippen LogP contribution in [0.5, 0.6) is 0 Å². The van der Waals surface area contributed by atoms with Crippen LogP contribution in [0.4, 0.5) is 26.3 Å². The van der Waals surface area contributed by atoms with Gasteiger partial charge < -0.3 is 14.9 Å². The highest BCUT2D eigenvalue weighted by atomic mass is 32.2. The third-order valence-electron chi connectivity index (χ3n) is 5.37. The van der Waals surface area contributed by atoms with Crippen molar-refractivity contribution in [3.8, 4) is 0 Å². The van der Waals surface area contributed by atoms with Crippen molar-refractivity contribution in [2.75, 3.05) is 24.7 Å². The predicted molar refractivity (Wildman–Crippen MR) is 99.0 cm³/mol. The van der Waals surface area contributed by atoms with Crippen LogP contribution < -0.4 is 0 Å². The molecule has 1 atom stereocenters. The molecule has 0 amide bonds. The maximum absolute atomic E-state index is 13.4. The van der Waals surface area contributed by atoms with Crippen molar-refractivity contribution >= 4 is 39.6 Å². The molecule has 2 fully saturated rings. The van der Waals surface area contributed by atoms with E-state index < -0.39 is 62.0 Å². The van der Waals surface area contributed by atoms with Crippen LogP contribution in [0.2, 0.25) is 0 Å².